The molecule has 0 unspecified atom stereocenters. The van der Waals surface area contributed by atoms with E-state index in [0.29, 0.717) is 9.79 Å². The molecule has 0 atom stereocenters. The minimum absolute atomic E-state index is 0.0120. The molecule has 0 N–H and O–H groups in total. The van der Waals surface area contributed by atoms with Crippen molar-refractivity contribution in [2.24, 2.45) is 0 Å². The highest BCUT2D eigenvalue weighted by molar-refractivity contribution is 9.10. The van der Waals surface area contributed by atoms with Gasteiger partial charge in [-0.15, -0.1) is 0 Å². The standard InChI is InChI=1S/C16H17BrO2S/c1-16(2,3)12-7-9-14(10-8-12)20(18,19)15-6-4-5-13(17)11-15/h4-11H,1-3H3. The fourth-order valence-electron chi connectivity index (χ4n) is 1.90. The van der Waals surface area contributed by atoms with Crippen LogP contribution in [0.3, 0.4) is 0 Å². The molecule has 0 amide bonds. The molecule has 0 aliphatic heterocycles. The van der Waals surface area contributed by atoms with Crippen LogP contribution in [0, 0.1) is 0 Å². The molecule has 0 saturated heterocycles. The summed E-state index contributed by atoms with van der Waals surface area (Å²) in [5, 5.41) is 0. The van der Waals surface area contributed by atoms with Crippen LogP contribution < -0.4 is 0 Å². The first-order valence-corrected chi connectivity index (χ1v) is 8.60. The van der Waals surface area contributed by atoms with Crippen LogP contribution in [0.4, 0.5) is 0 Å². The van der Waals surface area contributed by atoms with Gasteiger partial charge in [-0.25, -0.2) is 8.42 Å². The highest BCUT2D eigenvalue weighted by atomic mass is 79.9. The summed E-state index contributed by atoms with van der Waals surface area (Å²) >= 11 is 3.30. The summed E-state index contributed by atoms with van der Waals surface area (Å²) < 4.78 is 25.8. The van der Waals surface area contributed by atoms with Crippen LogP contribution in [0.2, 0.25) is 0 Å². The second kappa shape index (κ2) is 5.34. The van der Waals surface area contributed by atoms with Gasteiger partial charge in [-0.2, -0.15) is 0 Å². The number of sulfone groups is 1. The zero-order valence-corrected chi connectivity index (χ0v) is 14.1. The van der Waals surface area contributed by atoms with Crippen molar-refractivity contribution in [1.82, 2.24) is 0 Å². The van der Waals surface area contributed by atoms with E-state index in [1.54, 1.807) is 30.3 Å². The number of benzene rings is 2. The second-order valence-electron chi connectivity index (χ2n) is 5.74. The van der Waals surface area contributed by atoms with Crippen LogP contribution >= 0.6 is 15.9 Å². The minimum Gasteiger partial charge on any atom is -0.219 e. The second-order valence-corrected chi connectivity index (χ2v) is 8.60. The summed E-state index contributed by atoms with van der Waals surface area (Å²) in [5.41, 5.74) is 1.13. The topological polar surface area (TPSA) is 34.1 Å². The molecule has 2 rings (SSSR count). The van der Waals surface area contributed by atoms with Gasteiger partial charge in [-0.1, -0.05) is 54.9 Å². The highest BCUT2D eigenvalue weighted by Gasteiger charge is 2.19. The van der Waals surface area contributed by atoms with Crippen molar-refractivity contribution in [3.63, 3.8) is 0 Å². The molecular weight excluding hydrogens is 336 g/mol. The predicted molar refractivity (Wildman–Crippen MR) is 84.7 cm³/mol. The van der Waals surface area contributed by atoms with Crippen LogP contribution in [-0.2, 0) is 15.3 Å². The number of rotatable bonds is 2. The fourth-order valence-corrected chi connectivity index (χ4v) is 3.76. The Morgan fingerprint density at radius 1 is 0.900 bits per heavy atom. The van der Waals surface area contributed by atoms with Gasteiger partial charge >= 0.3 is 0 Å². The molecule has 0 saturated carbocycles. The van der Waals surface area contributed by atoms with Gasteiger partial charge in [0.05, 0.1) is 9.79 Å². The van der Waals surface area contributed by atoms with Crippen molar-refractivity contribution in [1.29, 1.82) is 0 Å². The molecule has 106 valence electrons. The van der Waals surface area contributed by atoms with Gasteiger partial charge < -0.3 is 0 Å². The van der Waals surface area contributed by atoms with E-state index in [4.69, 9.17) is 0 Å². The quantitative estimate of drug-likeness (QED) is 0.792. The summed E-state index contributed by atoms with van der Waals surface area (Å²) in [6, 6.07) is 13.9. The lowest BCUT2D eigenvalue weighted by Crippen LogP contribution is -2.11. The third kappa shape index (κ3) is 3.13. The van der Waals surface area contributed by atoms with Gasteiger partial charge in [0.15, 0.2) is 0 Å². The van der Waals surface area contributed by atoms with Crippen molar-refractivity contribution < 1.29 is 8.42 Å². The lowest BCUT2D eigenvalue weighted by Gasteiger charge is -2.19. The van der Waals surface area contributed by atoms with Crippen molar-refractivity contribution in [2.45, 2.75) is 36.0 Å². The third-order valence-electron chi connectivity index (χ3n) is 3.14. The normalized spacial score (nSPS) is 12.4. The van der Waals surface area contributed by atoms with E-state index in [9.17, 15) is 8.42 Å². The summed E-state index contributed by atoms with van der Waals surface area (Å²) in [6.07, 6.45) is 0. The summed E-state index contributed by atoms with van der Waals surface area (Å²) in [6.45, 7) is 6.31. The van der Waals surface area contributed by atoms with E-state index in [0.717, 1.165) is 10.0 Å². The van der Waals surface area contributed by atoms with Gasteiger partial charge in [-0.3, -0.25) is 0 Å². The molecule has 0 heterocycles. The first-order valence-electron chi connectivity index (χ1n) is 6.32. The minimum atomic E-state index is -3.45. The lowest BCUT2D eigenvalue weighted by atomic mass is 9.87. The Morgan fingerprint density at radius 2 is 1.50 bits per heavy atom. The summed E-state index contributed by atoms with van der Waals surface area (Å²) in [4.78, 5) is 0.624. The molecule has 0 radical (unpaired) electrons. The van der Waals surface area contributed by atoms with Crippen molar-refractivity contribution in [2.75, 3.05) is 0 Å². The Kier molecular flexibility index (Phi) is 4.07. The van der Waals surface area contributed by atoms with Gasteiger partial charge in [0, 0.05) is 4.47 Å². The maximum Gasteiger partial charge on any atom is 0.206 e. The van der Waals surface area contributed by atoms with Gasteiger partial charge in [0.2, 0.25) is 9.84 Å². The molecular formula is C16H17BrO2S. The Balaban J connectivity index is 2.45. The maximum absolute atomic E-state index is 12.5. The molecule has 0 aliphatic carbocycles. The van der Waals surface area contributed by atoms with Gasteiger partial charge in [0.1, 0.15) is 0 Å². The zero-order chi connectivity index (χ0) is 15.0. The monoisotopic (exact) mass is 352 g/mol. The van der Waals surface area contributed by atoms with E-state index < -0.39 is 9.84 Å². The third-order valence-corrected chi connectivity index (χ3v) is 5.40. The van der Waals surface area contributed by atoms with Gasteiger partial charge in [0.25, 0.3) is 0 Å². The Bertz CT molecular complexity index is 711. The summed E-state index contributed by atoms with van der Waals surface area (Å²) in [5.74, 6) is 0. The lowest BCUT2D eigenvalue weighted by molar-refractivity contribution is 0.586. The molecule has 2 aromatic carbocycles. The van der Waals surface area contributed by atoms with E-state index in [2.05, 4.69) is 36.7 Å². The Hall–Kier alpha value is -1.13. The SMILES string of the molecule is CC(C)(C)c1ccc(S(=O)(=O)c2cccc(Br)c2)cc1. The van der Waals surface area contributed by atoms with Crippen LogP contribution in [-0.4, -0.2) is 8.42 Å². The van der Waals surface area contributed by atoms with Gasteiger partial charge in [-0.05, 0) is 41.3 Å². The van der Waals surface area contributed by atoms with E-state index in [-0.39, 0.29) is 5.41 Å². The van der Waals surface area contributed by atoms with Crippen LogP contribution in [0.5, 0.6) is 0 Å². The highest BCUT2D eigenvalue weighted by Crippen LogP contribution is 2.27. The van der Waals surface area contributed by atoms with Crippen LogP contribution in [0.25, 0.3) is 0 Å². The molecule has 0 aliphatic rings. The molecule has 2 aromatic rings. The largest absolute Gasteiger partial charge is 0.219 e. The van der Waals surface area contributed by atoms with E-state index >= 15 is 0 Å². The maximum atomic E-state index is 12.5. The Labute approximate surface area is 128 Å². The number of hydrogen-bond acceptors (Lipinski definition) is 2. The molecule has 0 aromatic heterocycles. The van der Waals surface area contributed by atoms with Crippen molar-refractivity contribution >= 4 is 25.8 Å². The average molecular weight is 353 g/mol. The van der Waals surface area contributed by atoms with Crippen LogP contribution in [0.1, 0.15) is 26.3 Å². The molecule has 2 nitrogen and oxygen atoms in total. The average Bonchev–Trinajstić information content (AvgIpc) is 2.38. The first kappa shape index (κ1) is 15.3. The molecule has 20 heavy (non-hydrogen) atoms. The Morgan fingerprint density at radius 3 is 2.00 bits per heavy atom. The zero-order valence-electron chi connectivity index (χ0n) is 11.7. The van der Waals surface area contributed by atoms with Crippen molar-refractivity contribution in [3.05, 3.63) is 58.6 Å². The molecule has 0 spiro atoms. The van der Waals surface area contributed by atoms with Crippen molar-refractivity contribution in [3.8, 4) is 0 Å². The van der Waals surface area contributed by atoms with Crippen LogP contribution in [0.15, 0.2) is 62.8 Å². The predicted octanol–water partition coefficient (Wildman–Crippen LogP) is 4.58. The summed E-state index contributed by atoms with van der Waals surface area (Å²) in [7, 11) is -3.45. The number of hydrogen-bond donors (Lipinski definition) is 0. The fraction of sp³-hybridized carbons (Fsp3) is 0.250. The molecule has 0 fully saturated rings. The first-order chi connectivity index (χ1) is 9.21. The smallest absolute Gasteiger partial charge is 0.206 e. The van der Waals surface area contributed by atoms with E-state index in [1.807, 2.05) is 18.2 Å². The number of halogens is 1. The molecule has 0 bridgehead atoms. The van der Waals surface area contributed by atoms with E-state index in [1.165, 1.54) is 0 Å². The molecule has 4 heteroatoms.